The smallest absolute Gasteiger partial charge is 0.328 e. The second-order valence-corrected chi connectivity index (χ2v) is 4.31. The number of nitrogens with zero attached hydrogens (tertiary/aromatic N) is 1. The molecule has 0 aliphatic carbocycles. The van der Waals surface area contributed by atoms with Gasteiger partial charge in [-0.3, -0.25) is 0 Å². The highest BCUT2D eigenvalue weighted by atomic mass is 16.5. The fourth-order valence-corrected chi connectivity index (χ4v) is 1.71. The number of hydrogen-bond acceptors (Lipinski definition) is 5. The summed E-state index contributed by atoms with van der Waals surface area (Å²) in [6, 6.07) is 6.93. The number of carboxylic acid groups (broad SMARTS) is 1. The van der Waals surface area contributed by atoms with Crippen LogP contribution in [0.25, 0.3) is 6.08 Å². The van der Waals surface area contributed by atoms with Crippen molar-refractivity contribution in [1.29, 1.82) is 0 Å². The molecular formula is C15H15NO5. The third-order valence-corrected chi connectivity index (χ3v) is 2.65. The number of aromatic nitrogens is 1. The molecule has 6 nitrogen and oxygen atoms in total. The number of rotatable bonds is 6. The van der Waals surface area contributed by atoms with Gasteiger partial charge < -0.3 is 19.1 Å². The predicted octanol–water partition coefficient (Wildman–Crippen LogP) is 2.67. The second-order valence-electron chi connectivity index (χ2n) is 4.31. The zero-order valence-electron chi connectivity index (χ0n) is 11.7. The topological polar surface area (TPSA) is 81.8 Å². The Morgan fingerprint density at radius 2 is 2.19 bits per heavy atom. The fourth-order valence-electron chi connectivity index (χ4n) is 1.71. The lowest BCUT2D eigenvalue weighted by molar-refractivity contribution is -0.131. The van der Waals surface area contributed by atoms with Crippen LogP contribution in [-0.2, 0) is 11.4 Å². The van der Waals surface area contributed by atoms with E-state index in [2.05, 4.69) is 5.16 Å². The Kier molecular flexibility index (Phi) is 4.61. The van der Waals surface area contributed by atoms with Crippen LogP contribution in [0.4, 0.5) is 0 Å². The highest BCUT2D eigenvalue weighted by Crippen LogP contribution is 2.29. The first-order chi connectivity index (χ1) is 10.1. The van der Waals surface area contributed by atoms with Gasteiger partial charge in [0.2, 0.25) is 0 Å². The standard InChI is InChI=1S/C15H15NO5/c1-10-7-12(21-16-10)9-20-13-5-3-11(4-6-15(17)18)8-14(13)19-2/h3-8H,9H2,1-2H3,(H,17,18). The van der Waals surface area contributed by atoms with E-state index in [9.17, 15) is 4.79 Å². The summed E-state index contributed by atoms with van der Waals surface area (Å²) in [6.45, 7) is 2.07. The minimum absolute atomic E-state index is 0.238. The Morgan fingerprint density at radius 1 is 1.38 bits per heavy atom. The number of ether oxygens (including phenoxy) is 2. The third kappa shape index (κ3) is 4.10. The molecule has 0 saturated heterocycles. The number of carbonyl (C=O) groups is 1. The molecule has 6 heteroatoms. The maximum Gasteiger partial charge on any atom is 0.328 e. The van der Waals surface area contributed by atoms with Crippen LogP contribution < -0.4 is 9.47 Å². The average Bonchev–Trinajstić information content (AvgIpc) is 2.88. The molecule has 1 aromatic carbocycles. The zero-order valence-corrected chi connectivity index (χ0v) is 11.7. The van der Waals surface area contributed by atoms with Crippen LogP contribution >= 0.6 is 0 Å². The van der Waals surface area contributed by atoms with Gasteiger partial charge in [0.15, 0.2) is 17.3 Å². The monoisotopic (exact) mass is 289 g/mol. The van der Waals surface area contributed by atoms with E-state index in [-0.39, 0.29) is 6.61 Å². The highest BCUT2D eigenvalue weighted by molar-refractivity contribution is 5.85. The summed E-state index contributed by atoms with van der Waals surface area (Å²) >= 11 is 0. The number of aryl methyl sites for hydroxylation is 1. The SMILES string of the molecule is COc1cc(C=CC(=O)O)ccc1OCc1cc(C)no1. The van der Waals surface area contributed by atoms with E-state index in [4.69, 9.17) is 19.1 Å². The van der Waals surface area contributed by atoms with Crippen molar-refractivity contribution in [1.82, 2.24) is 5.16 Å². The minimum atomic E-state index is -1.00. The molecule has 0 fully saturated rings. The first kappa shape index (κ1) is 14.6. The van der Waals surface area contributed by atoms with Crippen molar-refractivity contribution in [3.63, 3.8) is 0 Å². The van der Waals surface area contributed by atoms with Crippen LogP contribution in [0.2, 0.25) is 0 Å². The van der Waals surface area contributed by atoms with Crippen molar-refractivity contribution < 1.29 is 23.9 Å². The van der Waals surface area contributed by atoms with E-state index in [1.165, 1.54) is 13.2 Å². The molecule has 0 aliphatic heterocycles. The summed E-state index contributed by atoms with van der Waals surface area (Å²) in [6.07, 6.45) is 2.54. The molecule has 110 valence electrons. The van der Waals surface area contributed by atoms with Gasteiger partial charge in [0.05, 0.1) is 12.8 Å². The van der Waals surface area contributed by atoms with Crippen molar-refractivity contribution in [3.05, 3.63) is 47.4 Å². The molecular weight excluding hydrogens is 274 g/mol. The Hall–Kier alpha value is -2.76. The van der Waals surface area contributed by atoms with Gasteiger partial charge in [-0.2, -0.15) is 0 Å². The molecule has 0 aliphatic rings. The first-order valence-electron chi connectivity index (χ1n) is 6.22. The second kappa shape index (κ2) is 6.60. The minimum Gasteiger partial charge on any atom is -0.493 e. The summed E-state index contributed by atoms with van der Waals surface area (Å²) in [5.41, 5.74) is 1.49. The summed E-state index contributed by atoms with van der Waals surface area (Å²) in [5, 5.41) is 12.4. The van der Waals surface area contributed by atoms with Gasteiger partial charge in [0.25, 0.3) is 0 Å². The quantitative estimate of drug-likeness (QED) is 0.823. The maximum absolute atomic E-state index is 10.5. The normalized spacial score (nSPS) is 10.8. The molecule has 0 unspecified atom stereocenters. The van der Waals surface area contributed by atoms with E-state index in [1.54, 1.807) is 24.3 Å². The zero-order chi connectivity index (χ0) is 15.2. The molecule has 0 saturated carbocycles. The van der Waals surface area contributed by atoms with Gasteiger partial charge in [-0.05, 0) is 30.7 Å². The molecule has 1 N–H and O–H groups in total. The summed E-state index contributed by atoms with van der Waals surface area (Å²) in [5.74, 6) is 0.664. The van der Waals surface area contributed by atoms with Gasteiger partial charge in [-0.15, -0.1) is 0 Å². The predicted molar refractivity (Wildman–Crippen MR) is 75.2 cm³/mol. The van der Waals surface area contributed by atoms with E-state index < -0.39 is 5.97 Å². The van der Waals surface area contributed by atoms with Gasteiger partial charge in [0, 0.05) is 12.1 Å². The van der Waals surface area contributed by atoms with Crippen molar-refractivity contribution >= 4 is 12.0 Å². The lowest BCUT2D eigenvalue weighted by Gasteiger charge is -2.10. The summed E-state index contributed by atoms with van der Waals surface area (Å²) in [7, 11) is 1.52. The number of hydrogen-bond donors (Lipinski definition) is 1. The fraction of sp³-hybridized carbons (Fsp3) is 0.200. The number of carboxylic acids is 1. The van der Waals surface area contributed by atoms with Crippen molar-refractivity contribution in [2.24, 2.45) is 0 Å². The number of benzene rings is 1. The van der Waals surface area contributed by atoms with E-state index in [0.29, 0.717) is 22.8 Å². The molecule has 0 radical (unpaired) electrons. The highest BCUT2D eigenvalue weighted by Gasteiger charge is 2.07. The van der Waals surface area contributed by atoms with Crippen molar-refractivity contribution in [2.45, 2.75) is 13.5 Å². The Balaban J connectivity index is 2.10. The molecule has 2 aromatic rings. The first-order valence-corrected chi connectivity index (χ1v) is 6.22. The number of methoxy groups -OCH3 is 1. The van der Waals surface area contributed by atoms with Gasteiger partial charge in [-0.1, -0.05) is 11.2 Å². The van der Waals surface area contributed by atoms with Crippen LogP contribution in [0.3, 0.4) is 0 Å². The Bertz CT molecular complexity index is 660. The molecule has 0 atom stereocenters. The van der Waals surface area contributed by atoms with E-state index in [0.717, 1.165) is 11.8 Å². The van der Waals surface area contributed by atoms with E-state index in [1.807, 2.05) is 6.92 Å². The van der Waals surface area contributed by atoms with Crippen molar-refractivity contribution in [3.8, 4) is 11.5 Å². The Morgan fingerprint density at radius 3 is 2.81 bits per heavy atom. The molecule has 0 amide bonds. The van der Waals surface area contributed by atoms with Crippen LogP contribution in [-0.4, -0.2) is 23.3 Å². The molecule has 1 heterocycles. The van der Waals surface area contributed by atoms with Crippen LogP contribution in [0.15, 0.2) is 34.9 Å². The van der Waals surface area contributed by atoms with Gasteiger partial charge in [-0.25, -0.2) is 4.79 Å². The van der Waals surface area contributed by atoms with Crippen LogP contribution in [0.1, 0.15) is 17.0 Å². The maximum atomic E-state index is 10.5. The van der Waals surface area contributed by atoms with Crippen LogP contribution in [0.5, 0.6) is 11.5 Å². The lowest BCUT2D eigenvalue weighted by atomic mass is 10.2. The Labute approximate surface area is 121 Å². The molecule has 21 heavy (non-hydrogen) atoms. The lowest BCUT2D eigenvalue weighted by Crippen LogP contribution is -1.97. The number of aliphatic carboxylic acids is 1. The van der Waals surface area contributed by atoms with Crippen molar-refractivity contribution in [2.75, 3.05) is 7.11 Å². The molecule has 2 rings (SSSR count). The third-order valence-electron chi connectivity index (χ3n) is 2.65. The molecule has 0 bridgehead atoms. The van der Waals surface area contributed by atoms with Gasteiger partial charge >= 0.3 is 5.97 Å². The summed E-state index contributed by atoms with van der Waals surface area (Å²) < 4.78 is 15.9. The summed E-state index contributed by atoms with van der Waals surface area (Å²) in [4.78, 5) is 10.5. The van der Waals surface area contributed by atoms with Crippen LogP contribution in [0, 0.1) is 6.92 Å². The molecule has 1 aromatic heterocycles. The van der Waals surface area contributed by atoms with E-state index >= 15 is 0 Å². The molecule has 0 spiro atoms. The average molecular weight is 289 g/mol. The van der Waals surface area contributed by atoms with Gasteiger partial charge in [0.1, 0.15) is 6.61 Å². The largest absolute Gasteiger partial charge is 0.493 e.